The Labute approximate surface area is 456 Å². The van der Waals surface area contributed by atoms with Gasteiger partial charge in [-0.15, -0.1) is 0 Å². The molecule has 0 rings (SSSR count). The highest BCUT2D eigenvalue weighted by atomic mass is 16.7. The Morgan fingerprint density at radius 2 is 0.747 bits per heavy atom. The number of carboxylic acids is 1. The van der Waals surface area contributed by atoms with Gasteiger partial charge in [0.1, 0.15) is 13.2 Å². The average Bonchev–Trinajstić information content (AvgIpc) is 3.38. The first-order valence-electron chi connectivity index (χ1n) is 27.9. The molecule has 9 heteroatoms. The van der Waals surface area contributed by atoms with E-state index < -0.39 is 30.3 Å². The third-order valence-corrected chi connectivity index (χ3v) is 10.7. The zero-order chi connectivity index (χ0) is 54.8. The molecular formula is C66H100NO8+. The van der Waals surface area contributed by atoms with Gasteiger partial charge in [-0.25, -0.2) is 4.79 Å². The summed E-state index contributed by atoms with van der Waals surface area (Å²) in [6, 6.07) is 0. The molecule has 0 aliphatic rings. The minimum atomic E-state index is -1.55. The number of allylic oxidation sites excluding steroid dienone is 30. The minimum Gasteiger partial charge on any atom is -0.477 e. The zero-order valence-electron chi connectivity index (χ0n) is 47.1. The summed E-state index contributed by atoms with van der Waals surface area (Å²) in [7, 11) is 5.91. The molecule has 1 N–H and O–H groups in total. The summed E-state index contributed by atoms with van der Waals surface area (Å²) in [6.07, 6.45) is 81.3. The average molecular weight is 1040 g/mol. The van der Waals surface area contributed by atoms with E-state index in [1.807, 2.05) is 33.3 Å². The van der Waals surface area contributed by atoms with Gasteiger partial charge in [0, 0.05) is 12.8 Å². The Morgan fingerprint density at radius 3 is 1.09 bits per heavy atom. The summed E-state index contributed by atoms with van der Waals surface area (Å²) >= 11 is 0. The number of ether oxygens (including phenoxy) is 4. The Balaban J connectivity index is 4.49. The highest BCUT2D eigenvalue weighted by molar-refractivity contribution is 5.71. The first-order chi connectivity index (χ1) is 36.6. The van der Waals surface area contributed by atoms with Crippen molar-refractivity contribution in [2.75, 3.05) is 47.5 Å². The number of nitrogens with zero attached hydrogens (tertiary/aromatic N) is 1. The molecule has 75 heavy (non-hydrogen) atoms. The number of unbranched alkanes of at least 4 members (excludes halogenated alkanes) is 3. The summed E-state index contributed by atoms with van der Waals surface area (Å²) in [5, 5.41) is 9.69. The maximum absolute atomic E-state index is 12.9. The van der Waals surface area contributed by atoms with Crippen molar-refractivity contribution in [2.45, 2.75) is 167 Å². The summed E-state index contributed by atoms with van der Waals surface area (Å²) in [6.45, 7) is 4.47. The van der Waals surface area contributed by atoms with Gasteiger partial charge in [0.25, 0.3) is 6.29 Å². The second-order valence-corrected chi connectivity index (χ2v) is 18.8. The van der Waals surface area contributed by atoms with Crippen LogP contribution in [0.2, 0.25) is 0 Å². The second kappa shape index (κ2) is 54.6. The number of quaternary nitrogens is 1. The third-order valence-electron chi connectivity index (χ3n) is 10.7. The fourth-order valence-electron chi connectivity index (χ4n) is 6.44. The third kappa shape index (κ3) is 56.0. The summed E-state index contributed by atoms with van der Waals surface area (Å²) in [5.74, 6) is -2.19. The van der Waals surface area contributed by atoms with Crippen LogP contribution in [0, 0.1) is 0 Å². The van der Waals surface area contributed by atoms with E-state index in [9.17, 15) is 19.5 Å². The van der Waals surface area contributed by atoms with Crippen molar-refractivity contribution in [1.82, 2.24) is 0 Å². The maximum Gasteiger partial charge on any atom is 0.361 e. The van der Waals surface area contributed by atoms with Gasteiger partial charge >= 0.3 is 17.9 Å². The van der Waals surface area contributed by atoms with E-state index in [1.54, 1.807) is 0 Å². The van der Waals surface area contributed by atoms with Crippen molar-refractivity contribution in [1.29, 1.82) is 0 Å². The number of carbonyl (C=O) groups excluding carboxylic acids is 2. The molecule has 2 unspecified atom stereocenters. The molecular weight excluding hydrogens is 935 g/mol. The highest BCUT2D eigenvalue weighted by Crippen LogP contribution is 2.10. The molecule has 0 amide bonds. The smallest absolute Gasteiger partial charge is 0.361 e. The molecule has 0 bridgehead atoms. The molecule has 0 aliphatic carbocycles. The zero-order valence-corrected chi connectivity index (χ0v) is 47.1. The van der Waals surface area contributed by atoms with Crippen molar-refractivity contribution in [2.24, 2.45) is 0 Å². The van der Waals surface area contributed by atoms with E-state index in [2.05, 4.69) is 184 Å². The standard InChI is InChI=1S/C66H99NO8/c1-6-8-10-12-14-16-18-20-22-24-26-27-28-29-30-31-32-33-34-35-36-37-39-41-43-45-47-49-51-53-55-57-64(69)75-62(61-74-66(65(70)71)72-59-58-67(3,4)5)60-73-63(68)56-54-52-50-48-46-44-42-40-38-25-23-21-19-17-15-13-11-9-7-2/h8-11,14-17,20-23,26-27,29-30,32-33,35-36,38-41,44-47,50,52,62,66H,6-7,12-13,18-19,24-25,28,31,34,37,42-43,48-49,51,53-61H2,1-5H3/p+1/b10-8-,11-9-,16-14-,17-15-,22-20-,23-21-,27-26-,30-29-,33-32-,36-35-,40-38-,41-39-,46-44-,47-45-,52-50-. The van der Waals surface area contributed by atoms with Crippen LogP contribution in [0.5, 0.6) is 0 Å². The fourth-order valence-corrected chi connectivity index (χ4v) is 6.44. The number of likely N-dealkylation sites (N-methyl/N-ethyl adjacent to an activating group) is 1. The minimum absolute atomic E-state index is 0.157. The van der Waals surface area contributed by atoms with E-state index >= 15 is 0 Å². The van der Waals surface area contributed by atoms with Crippen LogP contribution in [0.3, 0.4) is 0 Å². The molecule has 0 spiro atoms. The van der Waals surface area contributed by atoms with Crippen LogP contribution in [-0.2, 0) is 33.3 Å². The monoisotopic (exact) mass is 1030 g/mol. The van der Waals surface area contributed by atoms with Gasteiger partial charge < -0.3 is 28.5 Å². The second-order valence-electron chi connectivity index (χ2n) is 18.8. The Kier molecular flexibility index (Phi) is 50.6. The SMILES string of the molecule is CC/C=C\C/C=C\C/C=C\C/C=C\C/C=C\C/C=C\C/C=C\C/C=C\C/C=C\CCCCCC(=O)OC(COC(=O)CC/C=C\C/C=C\C/C=C\C/C=C\C/C=C\C/C=C\CC)COC(OCC[N+](C)(C)C)C(=O)O. The van der Waals surface area contributed by atoms with Gasteiger partial charge in [-0.3, -0.25) is 9.59 Å². The number of hydrogen-bond acceptors (Lipinski definition) is 7. The van der Waals surface area contributed by atoms with Gasteiger partial charge in [-0.2, -0.15) is 0 Å². The molecule has 0 saturated carbocycles. The largest absolute Gasteiger partial charge is 0.477 e. The molecule has 0 aromatic heterocycles. The predicted molar refractivity (Wildman–Crippen MR) is 317 cm³/mol. The molecule has 9 nitrogen and oxygen atoms in total. The van der Waals surface area contributed by atoms with Crippen LogP contribution in [0.4, 0.5) is 0 Å². The molecule has 0 aromatic carbocycles. The summed E-state index contributed by atoms with van der Waals surface area (Å²) in [5.41, 5.74) is 0. The molecule has 0 radical (unpaired) electrons. The van der Waals surface area contributed by atoms with Crippen molar-refractivity contribution in [3.05, 3.63) is 182 Å². The van der Waals surface area contributed by atoms with Crippen LogP contribution in [0.15, 0.2) is 182 Å². The van der Waals surface area contributed by atoms with Gasteiger partial charge in [-0.05, 0) is 122 Å². The number of carbonyl (C=O) groups is 3. The van der Waals surface area contributed by atoms with Crippen molar-refractivity contribution < 1.29 is 42.9 Å². The first-order valence-corrected chi connectivity index (χ1v) is 27.9. The van der Waals surface area contributed by atoms with Crippen molar-refractivity contribution in [3.8, 4) is 0 Å². The lowest BCUT2D eigenvalue weighted by atomic mass is 10.1. The van der Waals surface area contributed by atoms with Crippen LogP contribution in [0.25, 0.3) is 0 Å². The van der Waals surface area contributed by atoms with E-state index in [4.69, 9.17) is 18.9 Å². The Bertz CT molecular complexity index is 1870. The van der Waals surface area contributed by atoms with Gasteiger partial charge in [0.15, 0.2) is 6.10 Å². The molecule has 2 atom stereocenters. The quantitative estimate of drug-likeness (QED) is 0.0211. The van der Waals surface area contributed by atoms with Gasteiger partial charge in [0.05, 0.1) is 34.4 Å². The van der Waals surface area contributed by atoms with Crippen LogP contribution in [0.1, 0.15) is 155 Å². The number of aliphatic carboxylic acids is 1. The normalized spacial score (nSPS) is 14.2. The maximum atomic E-state index is 12.9. The van der Waals surface area contributed by atoms with Gasteiger partial charge in [0.2, 0.25) is 0 Å². The van der Waals surface area contributed by atoms with Crippen LogP contribution in [-0.4, -0.2) is 87.4 Å². The van der Waals surface area contributed by atoms with Crippen molar-refractivity contribution >= 4 is 17.9 Å². The topological polar surface area (TPSA) is 108 Å². The van der Waals surface area contributed by atoms with Crippen molar-refractivity contribution in [3.63, 3.8) is 0 Å². The van der Waals surface area contributed by atoms with Crippen LogP contribution < -0.4 is 0 Å². The highest BCUT2D eigenvalue weighted by Gasteiger charge is 2.25. The summed E-state index contributed by atoms with van der Waals surface area (Å²) < 4.78 is 22.7. The number of carboxylic acid groups (broad SMARTS) is 1. The number of rotatable bonds is 48. The van der Waals surface area contributed by atoms with E-state index in [1.165, 1.54) is 0 Å². The lowest BCUT2D eigenvalue weighted by molar-refractivity contribution is -0.870. The molecule has 416 valence electrons. The number of esters is 2. The van der Waals surface area contributed by atoms with Gasteiger partial charge in [-0.1, -0.05) is 203 Å². The Hall–Kier alpha value is -5.61. The van der Waals surface area contributed by atoms with E-state index in [0.29, 0.717) is 23.9 Å². The predicted octanol–water partition coefficient (Wildman–Crippen LogP) is 16.6. The lowest BCUT2D eigenvalue weighted by Gasteiger charge is -2.25. The molecule has 0 aromatic rings. The Morgan fingerprint density at radius 1 is 0.400 bits per heavy atom. The molecule has 0 fully saturated rings. The fraction of sp³-hybridized carbons (Fsp3) is 0.500. The molecule has 0 saturated heterocycles. The van der Waals surface area contributed by atoms with E-state index in [0.717, 1.165) is 116 Å². The number of hydrogen-bond donors (Lipinski definition) is 1. The lowest BCUT2D eigenvalue weighted by Crippen LogP contribution is -2.40. The van der Waals surface area contributed by atoms with E-state index in [-0.39, 0.29) is 32.7 Å². The molecule has 0 heterocycles. The van der Waals surface area contributed by atoms with Crippen LogP contribution >= 0.6 is 0 Å². The molecule has 0 aliphatic heterocycles. The first kappa shape index (κ1) is 69.4. The summed E-state index contributed by atoms with van der Waals surface area (Å²) in [4.78, 5) is 37.3.